The summed E-state index contributed by atoms with van der Waals surface area (Å²) in [6, 6.07) is 0. The average Bonchev–Trinajstić information content (AvgIpc) is 2.81. The third kappa shape index (κ3) is 3.19. The van der Waals surface area contributed by atoms with Crippen LogP contribution in [0.1, 0.15) is 29.6 Å². The maximum atomic E-state index is 12.0. The van der Waals surface area contributed by atoms with Crippen molar-refractivity contribution >= 4 is 27.8 Å². The molecule has 2 heterocycles. The number of nitrogens with zero attached hydrogens (tertiary/aromatic N) is 5. The van der Waals surface area contributed by atoms with Gasteiger partial charge in [-0.05, 0) is 25.3 Å². The summed E-state index contributed by atoms with van der Waals surface area (Å²) in [6.07, 6.45) is 5.29. The smallest absolute Gasteiger partial charge is 0.250 e. The molecule has 7 nitrogen and oxygen atoms in total. The minimum absolute atomic E-state index is 0.0973. The van der Waals surface area contributed by atoms with Gasteiger partial charge in [0.25, 0.3) is 0 Å². The van der Waals surface area contributed by atoms with Crippen molar-refractivity contribution in [2.75, 3.05) is 11.1 Å². The molecule has 2 rings (SSSR count). The summed E-state index contributed by atoms with van der Waals surface area (Å²) in [5, 5.41) is 12.6. The number of nitrogen functional groups attached to an aromatic ring is 1. The first-order valence-corrected chi connectivity index (χ1v) is 7.35. The maximum Gasteiger partial charge on any atom is 0.250 e. The van der Waals surface area contributed by atoms with E-state index >= 15 is 0 Å². The zero-order valence-electron chi connectivity index (χ0n) is 11.1. The van der Waals surface area contributed by atoms with Gasteiger partial charge in [0.05, 0.1) is 12.4 Å². The number of aromatic nitrogens is 5. The van der Waals surface area contributed by atoms with E-state index in [1.54, 1.807) is 12.4 Å². The second-order valence-corrected chi connectivity index (χ2v) is 5.12. The number of rotatable bonds is 5. The van der Waals surface area contributed by atoms with E-state index < -0.39 is 0 Å². The lowest BCUT2D eigenvalue weighted by molar-refractivity contribution is 0.0887. The van der Waals surface area contributed by atoms with Gasteiger partial charge in [0.2, 0.25) is 11.9 Å². The topological polar surface area (TPSA) is 99.6 Å². The molecule has 0 aliphatic carbocycles. The molecular formula is C12H15BrN6O. The third-order valence-electron chi connectivity index (χ3n) is 2.81. The molecule has 0 unspecified atom stereocenters. The first kappa shape index (κ1) is 14.6. The van der Waals surface area contributed by atoms with E-state index in [0.717, 1.165) is 34.0 Å². The highest BCUT2D eigenvalue weighted by Gasteiger charge is 2.16. The Morgan fingerprint density at radius 2 is 2.10 bits per heavy atom. The predicted octanol–water partition coefficient (Wildman–Crippen LogP) is 1.83. The molecule has 0 radical (unpaired) electrons. The van der Waals surface area contributed by atoms with Crippen LogP contribution in [0.4, 0.5) is 5.95 Å². The minimum atomic E-state index is -0.151. The van der Waals surface area contributed by atoms with Gasteiger partial charge >= 0.3 is 0 Å². The summed E-state index contributed by atoms with van der Waals surface area (Å²) in [6.45, 7) is 1.87. The van der Waals surface area contributed by atoms with Crippen molar-refractivity contribution in [3.63, 3.8) is 0 Å². The van der Waals surface area contributed by atoms with Gasteiger partial charge in [-0.2, -0.15) is 19.9 Å². The number of anilines is 1. The number of carbonyl (C=O) groups is 1. The van der Waals surface area contributed by atoms with Gasteiger partial charge in [0.1, 0.15) is 0 Å². The normalized spacial score (nSPS) is 10.7. The molecule has 2 aromatic heterocycles. The molecule has 0 aliphatic rings. The Kier molecular flexibility index (Phi) is 4.78. The second-order valence-electron chi connectivity index (χ2n) is 4.33. The molecule has 0 fully saturated rings. The van der Waals surface area contributed by atoms with E-state index in [-0.39, 0.29) is 11.9 Å². The van der Waals surface area contributed by atoms with E-state index in [1.165, 1.54) is 0 Å². The Morgan fingerprint density at radius 3 is 2.80 bits per heavy atom. The number of aryl methyl sites for hydroxylation is 1. The van der Waals surface area contributed by atoms with Gasteiger partial charge in [-0.1, -0.05) is 15.9 Å². The van der Waals surface area contributed by atoms with Gasteiger partial charge in [-0.25, -0.2) is 0 Å². The van der Waals surface area contributed by atoms with Gasteiger partial charge in [0, 0.05) is 17.3 Å². The molecule has 0 spiro atoms. The quantitative estimate of drug-likeness (QED) is 0.659. The highest BCUT2D eigenvalue weighted by Crippen LogP contribution is 2.19. The zero-order valence-corrected chi connectivity index (χ0v) is 12.7. The SMILES string of the molecule is Cc1cnncc1-c1nc(N)n(C(=O)CCCCBr)n1. The molecule has 0 aromatic carbocycles. The molecule has 0 aliphatic heterocycles. The van der Waals surface area contributed by atoms with Crippen LogP contribution < -0.4 is 5.73 Å². The average molecular weight is 339 g/mol. The lowest BCUT2D eigenvalue weighted by atomic mass is 10.2. The molecule has 0 amide bonds. The van der Waals surface area contributed by atoms with Crippen molar-refractivity contribution in [1.82, 2.24) is 25.0 Å². The van der Waals surface area contributed by atoms with Crippen LogP contribution in [0.3, 0.4) is 0 Å². The van der Waals surface area contributed by atoms with Crippen molar-refractivity contribution in [3.8, 4) is 11.4 Å². The fraction of sp³-hybridized carbons (Fsp3) is 0.417. The molecule has 0 atom stereocenters. The van der Waals surface area contributed by atoms with Crippen molar-refractivity contribution in [2.24, 2.45) is 0 Å². The van der Waals surface area contributed by atoms with E-state index in [0.29, 0.717) is 12.2 Å². The van der Waals surface area contributed by atoms with Gasteiger partial charge in [-0.3, -0.25) is 4.79 Å². The predicted molar refractivity (Wildman–Crippen MR) is 78.5 cm³/mol. The first-order valence-electron chi connectivity index (χ1n) is 6.23. The van der Waals surface area contributed by atoms with Crippen molar-refractivity contribution in [2.45, 2.75) is 26.2 Å². The van der Waals surface area contributed by atoms with Crippen molar-refractivity contribution in [1.29, 1.82) is 0 Å². The van der Waals surface area contributed by atoms with Crippen LogP contribution in [0.2, 0.25) is 0 Å². The molecule has 106 valence electrons. The van der Waals surface area contributed by atoms with Crippen LogP contribution in [0, 0.1) is 6.92 Å². The largest absolute Gasteiger partial charge is 0.368 e. The van der Waals surface area contributed by atoms with Crippen LogP contribution in [-0.4, -0.2) is 36.2 Å². The number of unbranched alkanes of at least 4 members (excludes halogenated alkanes) is 1. The van der Waals surface area contributed by atoms with Crippen LogP contribution in [-0.2, 0) is 0 Å². The van der Waals surface area contributed by atoms with Gasteiger partial charge < -0.3 is 5.73 Å². The first-order chi connectivity index (χ1) is 9.63. The lowest BCUT2D eigenvalue weighted by Crippen LogP contribution is -2.15. The molecule has 0 bridgehead atoms. The summed E-state index contributed by atoms with van der Waals surface area (Å²) >= 11 is 3.33. The number of halogens is 1. The zero-order chi connectivity index (χ0) is 14.5. The summed E-state index contributed by atoms with van der Waals surface area (Å²) in [5.41, 5.74) is 7.36. The highest BCUT2D eigenvalue weighted by atomic mass is 79.9. The molecular weight excluding hydrogens is 324 g/mol. The standard InChI is InChI=1S/C12H15BrN6O/c1-8-6-15-16-7-9(8)11-17-12(14)19(18-11)10(20)4-2-3-5-13/h6-7H,2-5H2,1H3,(H2,14,17,18). The van der Waals surface area contributed by atoms with Crippen LogP contribution in [0.5, 0.6) is 0 Å². The third-order valence-corrected chi connectivity index (χ3v) is 3.37. The fourth-order valence-corrected chi connectivity index (χ4v) is 2.11. The van der Waals surface area contributed by atoms with E-state index in [4.69, 9.17) is 5.73 Å². The highest BCUT2D eigenvalue weighted by molar-refractivity contribution is 9.09. The number of hydrogen-bond donors (Lipinski definition) is 1. The van der Waals surface area contributed by atoms with Crippen molar-refractivity contribution < 1.29 is 4.79 Å². The Balaban J connectivity index is 2.22. The van der Waals surface area contributed by atoms with E-state index in [2.05, 4.69) is 36.2 Å². The van der Waals surface area contributed by atoms with Crippen LogP contribution >= 0.6 is 15.9 Å². The maximum absolute atomic E-state index is 12.0. The summed E-state index contributed by atoms with van der Waals surface area (Å²) in [7, 11) is 0. The minimum Gasteiger partial charge on any atom is -0.368 e. The van der Waals surface area contributed by atoms with E-state index in [9.17, 15) is 4.79 Å². The number of alkyl halides is 1. The summed E-state index contributed by atoms with van der Waals surface area (Å²) in [4.78, 5) is 16.1. The molecule has 8 heteroatoms. The summed E-state index contributed by atoms with van der Waals surface area (Å²) < 4.78 is 1.16. The Bertz CT molecular complexity index is 612. The fourth-order valence-electron chi connectivity index (χ4n) is 1.71. The van der Waals surface area contributed by atoms with E-state index in [1.807, 2.05) is 6.92 Å². The van der Waals surface area contributed by atoms with Crippen LogP contribution in [0.25, 0.3) is 11.4 Å². The number of carbonyl (C=O) groups excluding carboxylic acids is 1. The second kappa shape index (κ2) is 6.56. The molecule has 2 aromatic rings. The Morgan fingerprint density at radius 1 is 1.35 bits per heavy atom. The monoisotopic (exact) mass is 338 g/mol. The summed E-state index contributed by atoms with van der Waals surface area (Å²) in [5.74, 6) is 0.339. The Hall–Kier alpha value is -1.83. The van der Waals surface area contributed by atoms with Gasteiger partial charge in [-0.15, -0.1) is 5.10 Å². The van der Waals surface area contributed by atoms with Crippen molar-refractivity contribution in [3.05, 3.63) is 18.0 Å². The molecule has 0 saturated carbocycles. The molecule has 0 saturated heterocycles. The molecule has 2 N–H and O–H groups in total. The molecule has 20 heavy (non-hydrogen) atoms. The number of hydrogen-bond acceptors (Lipinski definition) is 6. The lowest BCUT2D eigenvalue weighted by Gasteiger charge is -2.00. The number of nitrogens with two attached hydrogens (primary N) is 1. The van der Waals surface area contributed by atoms with Crippen LogP contribution in [0.15, 0.2) is 12.4 Å². The van der Waals surface area contributed by atoms with Gasteiger partial charge in [0.15, 0.2) is 5.82 Å². The Labute approximate surface area is 124 Å².